The van der Waals surface area contributed by atoms with Crippen LogP contribution in [0, 0.1) is 0 Å². The van der Waals surface area contributed by atoms with Crippen molar-refractivity contribution in [1.82, 2.24) is 9.80 Å². The van der Waals surface area contributed by atoms with Crippen molar-refractivity contribution in [2.24, 2.45) is 0 Å². The van der Waals surface area contributed by atoms with Gasteiger partial charge in [0.2, 0.25) is 5.91 Å². The largest absolute Gasteiger partial charge is 0.325 e. The molecule has 0 bridgehead atoms. The minimum Gasteiger partial charge on any atom is -0.325 e. The van der Waals surface area contributed by atoms with Gasteiger partial charge in [0, 0.05) is 48.4 Å². The van der Waals surface area contributed by atoms with Crippen molar-refractivity contribution in [1.29, 1.82) is 0 Å². The maximum Gasteiger partial charge on any atom is 0.238 e. The molecule has 2 rings (SSSR count). The molecule has 0 aromatic heterocycles. The van der Waals surface area contributed by atoms with Gasteiger partial charge in [0.15, 0.2) is 0 Å². The molecule has 1 aliphatic rings. The van der Waals surface area contributed by atoms with Crippen molar-refractivity contribution in [3.05, 3.63) is 29.3 Å². The summed E-state index contributed by atoms with van der Waals surface area (Å²) in [6.45, 7) is 4.66. The Morgan fingerprint density at radius 2 is 2.19 bits per heavy atom. The van der Waals surface area contributed by atoms with E-state index in [4.69, 9.17) is 11.6 Å². The van der Waals surface area contributed by atoms with Gasteiger partial charge >= 0.3 is 0 Å². The number of carbonyl (C=O) groups excluding carboxylic acids is 1. The maximum absolute atomic E-state index is 12.0. The second-order valence-electron chi connectivity index (χ2n) is 5.25. The first kappa shape index (κ1) is 16.6. The van der Waals surface area contributed by atoms with Gasteiger partial charge in [-0.2, -0.15) is 11.8 Å². The van der Waals surface area contributed by atoms with E-state index in [1.54, 1.807) is 12.1 Å². The first-order valence-electron chi connectivity index (χ1n) is 7.17. The van der Waals surface area contributed by atoms with Crippen LogP contribution in [0.2, 0.25) is 5.02 Å². The molecule has 4 nitrogen and oxygen atoms in total. The molecule has 116 valence electrons. The van der Waals surface area contributed by atoms with Gasteiger partial charge in [0.25, 0.3) is 0 Å². The molecule has 1 N–H and O–H groups in total. The Bertz CT molecular complexity index is 466. The number of benzene rings is 1. The van der Waals surface area contributed by atoms with Crippen LogP contribution in [-0.4, -0.2) is 67.0 Å². The van der Waals surface area contributed by atoms with Gasteiger partial charge in [-0.15, -0.1) is 0 Å². The second kappa shape index (κ2) is 8.63. The molecule has 0 saturated carbocycles. The molecule has 0 unspecified atom stereocenters. The standard InChI is InChI=1S/C15H22ClN3OS/c1-18(5-6-19-7-9-21-10-8-19)12-15(20)17-14-4-2-3-13(16)11-14/h2-4,11H,5-10,12H2,1H3,(H,17,20). The number of halogens is 1. The number of hydrogen-bond acceptors (Lipinski definition) is 4. The Kier molecular flexibility index (Phi) is 6.83. The Balaban J connectivity index is 1.69. The lowest BCUT2D eigenvalue weighted by atomic mass is 10.3. The van der Waals surface area contributed by atoms with Gasteiger partial charge in [-0.25, -0.2) is 0 Å². The lowest BCUT2D eigenvalue weighted by Crippen LogP contribution is -2.40. The Morgan fingerprint density at radius 3 is 2.90 bits per heavy atom. The number of amides is 1. The molecule has 1 amide bonds. The van der Waals surface area contributed by atoms with Crippen molar-refractivity contribution >= 4 is 35.0 Å². The molecule has 1 aromatic rings. The number of hydrogen-bond donors (Lipinski definition) is 1. The minimum absolute atomic E-state index is 0.00559. The van der Waals surface area contributed by atoms with E-state index in [0.717, 1.165) is 31.9 Å². The number of carbonyl (C=O) groups is 1. The fourth-order valence-electron chi connectivity index (χ4n) is 2.23. The molecule has 1 fully saturated rings. The number of rotatable bonds is 6. The number of thioether (sulfide) groups is 1. The first-order valence-corrected chi connectivity index (χ1v) is 8.71. The third-order valence-corrected chi connectivity index (χ3v) is 4.60. The molecular formula is C15H22ClN3OS. The van der Waals surface area contributed by atoms with E-state index >= 15 is 0 Å². The summed E-state index contributed by atoms with van der Waals surface area (Å²) in [6.07, 6.45) is 0. The van der Waals surface area contributed by atoms with Gasteiger partial charge in [0.05, 0.1) is 6.54 Å². The third kappa shape index (κ3) is 6.26. The highest BCUT2D eigenvalue weighted by Gasteiger charge is 2.12. The molecule has 1 aromatic carbocycles. The summed E-state index contributed by atoms with van der Waals surface area (Å²) in [5, 5.41) is 3.50. The Labute approximate surface area is 135 Å². The van der Waals surface area contributed by atoms with Crippen molar-refractivity contribution in [3.8, 4) is 0 Å². The lowest BCUT2D eigenvalue weighted by molar-refractivity contribution is -0.117. The number of nitrogens with one attached hydrogen (secondary N) is 1. The van der Waals surface area contributed by atoms with Gasteiger partial charge in [0.1, 0.15) is 0 Å². The molecule has 1 aliphatic heterocycles. The van der Waals surface area contributed by atoms with Gasteiger partial charge < -0.3 is 10.2 Å². The SMILES string of the molecule is CN(CCN1CCSCC1)CC(=O)Nc1cccc(Cl)c1. The van der Waals surface area contributed by atoms with Crippen LogP contribution in [0.1, 0.15) is 0 Å². The van der Waals surface area contributed by atoms with Gasteiger partial charge in [-0.3, -0.25) is 9.69 Å². The fourth-order valence-corrected chi connectivity index (χ4v) is 3.40. The van der Waals surface area contributed by atoms with Gasteiger partial charge in [-0.05, 0) is 25.2 Å². The van der Waals surface area contributed by atoms with Crippen LogP contribution in [0.5, 0.6) is 0 Å². The minimum atomic E-state index is -0.00559. The highest BCUT2D eigenvalue weighted by atomic mass is 35.5. The molecule has 21 heavy (non-hydrogen) atoms. The smallest absolute Gasteiger partial charge is 0.238 e. The van der Waals surface area contributed by atoms with E-state index in [0.29, 0.717) is 11.6 Å². The van der Waals surface area contributed by atoms with Crippen LogP contribution < -0.4 is 5.32 Å². The highest BCUT2D eigenvalue weighted by molar-refractivity contribution is 7.99. The molecule has 6 heteroatoms. The van der Waals surface area contributed by atoms with Crippen LogP contribution in [0.4, 0.5) is 5.69 Å². The molecule has 0 spiro atoms. The Morgan fingerprint density at radius 1 is 1.43 bits per heavy atom. The van der Waals surface area contributed by atoms with Crippen LogP contribution in [0.3, 0.4) is 0 Å². The van der Waals surface area contributed by atoms with Crippen LogP contribution in [-0.2, 0) is 4.79 Å². The topological polar surface area (TPSA) is 35.6 Å². The highest BCUT2D eigenvalue weighted by Crippen LogP contribution is 2.14. The molecule has 0 atom stereocenters. The zero-order chi connectivity index (χ0) is 15.1. The fraction of sp³-hybridized carbons (Fsp3) is 0.533. The Hall–Kier alpha value is -0.750. The average molecular weight is 328 g/mol. The summed E-state index contributed by atoms with van der Waals surface area (Å²) in [4.78, 5) is 16.5. The molecular weight excluding hydrogens is 306 g/mol. The van der Waals surface area contributed by atoms with Crippen molar-refractivity contribution in [2.45, 2.75) is 0 Å². The van der Waals surface area contributed by atoms with E-state index in [9.17, 15) is 4.79 Å². The predicted octanol–water partition coefficient (Wildman–Crippen LogP) is 2.26. The quantitative estimate of drug-likeness (QED) is 0.869. The summed E-state index contributed by atoms with van der Waals surface area (Å²) < 4.78 is 0. The predicted molar refractivity (Wildman–Crippen MR) is 91.3 cm³/mol. The zero-order valence-corrected chi connectivity index (χ0v) is 13.9. The second-order valence-corrected chi connectivity index (χ2v) is 6.91. The maximum atomic E-state index is 12.0. The summed E-state index contributed by atoms with van der Waals surface area (Å²) >= 11 is 7.92. The van der Waals surface area contributed by atoms with E-state index in [1.165, 1.54) is 11.5 Å². The number of likely N-dealkylation sites (N-methyl/N-ethyl adjacent to an activating group) is 1. The summed E-state index contributed by atoms with van der Waals surface area (Å²) in [5.74, 6) is 2.44. The van der Waals surface area contributed by atoms with Crippen molar-refractivity contribution in [3.63, 3.8) is 0 Å². The monoisotopic (exact) mass is 327 g/mol. The normalized spacial score (nSPS) is 16.1. The number of nitrogens with zero attached hydrogens (tertiary/aromatic N) is 2. The van der Waals surface area contributed by atoms with E-state index < -0.39 is 0 Å². The van der Waals surface area contributed by atoms with E-state index in [-0.39, 0.29) is 5.91 Å². The van der Waals surface area contributed by atoms with Crippen molar-refractivity contribution in [2.75, 3.05) is 56.6 Å². The van der Waals surface area contributed by atoms with Gasteiger partial charge in [-0.1, -0.05) is 17.7 Å². The molecule has 1 heterocycles. The first-order chi connectivity index (χ1) is 10.1. The van der Waals surface area contributed by atoms with Crippen LogP contribution in [0.25, 0.3) is 0 Å². The molecule has 0 radical (unpaired) electrons. The van der Waals surface area contributed by atoms with Crippen molar-refractivity contribution < 1.29 is 4.79 Å². The van der Waals surface area contributed by atoms with E-state index in [1.807, 2.05) is 30.9 Å². The summed E-state index contributed by atoms with van der Waals surface area (Å²) in [6, 6.07) is 7.22. The van der Waals surface area contributed by atoms with E-state index in [2.05, 4.69) is 15.1 Å². The van der Waals surface area contributed by atoms with Crippen LogP contribution in [0.15, 0.2) is 24.3 Å². The third-order valence-electron chi connectivity index (χ3n) is 3.42. The summed E-state index contributed by atoms with van der Waals surface area (Å²) in [7, 11) is 1.98. The van der Waals surface area contributed by atoms with Crippen LogP contribution >= 0.6 is 23.4 Å². The average Bonchev–Trinajstić information content (AvgIpc) is 2.46. The molecule has 1 saturated heterocycles. The number of anilines is 1. The zero-order valence-electron chi connectivity index (χ0n) is 12.3. The summed E-state index contributed by atoms with van der Waals surface area (Å²) in [5.41, 5.74) is 0.744. The lowest BCUT2D eigenvalue weighted by Gasteiger charge is -2.28. The molecule has 0 aliphatic carbocycles.